The summed E-state index contributed by atoms with van der Waals surface area (Å²) in [5.74, 6) is 0.0820. The highest BCUT2D eigenvalue weighted by Crippen LogP contribution is 2.33. The Bertz CT molecular complexity index is 810. The molecule has 176 valence electrons. The van der Waals surface area contributed by atoms with Gasteiger partial charge < -0.3 is 19.9 Å². The third-order valence-corrected chi connectivity index (χ3v) is 6.82. The molecule has 0 bridgehead atoms. The van der Waals surface area contributed by atoms with E-state index in [0.717, 1.165) is 71.5 Å². The van der Waals surface area contributed by atoms with Crippen LogP contribution in [0.1, 0.15) is 37.7 Å². The number of anilines is 1. The number of likely N-dealkylation sites (tertiary alicyclic amines) is 1. The van der Waals surface area contributed by atoms with Crippen LogP contribution in [-0.4, -0.2) is 85.2 Å². The van der Waals surface area contributed by atoms with Crippen LogP contribution < -0.4 is 5.32 Å². The number of carbonyl (C=O) groups excluding carboxylic acids is 2. The maximum Gasteiger partial charge on any atom is 0.321 e. The fourth-order valence-corrected chi connectivity index (χ4v) is 4.66. The van der Waals surface area contributed by atoms with Crippen molar-refractivity contribution in [3.63, 3.8) is 0 Å². The Kier molecular flexibility index (Phi) is 7.63. The Hall–Kier alpha value is -2.19. The fraction of sp³-hybridized carbons (Fsp3) is 0.667. The molecule has 1 saturated carbocycles. The number of urea groups is 1. The van der Waals surface area contributed by atoms with E-state index in [9.17, 15) is 14.0 Å². The Morgan fingerprint density at radius 1 is 1.19 bits per heavy atom. The van der Waals surface area contributed by atoms with Gasteiger partial charge in [-0.3, -0.25) is 9.69 Å². The van der Waals surface area contributed by atoms with Gasteiger partial charge in [-0.05, 0) is 51.2 Å². The summed E-state index contributed by atoms with van der Waals surface area (Å²) in [4.78, 5) is 32.2. The van der Waals surface area contributed by atoms with Crippen LogP contribution >= 0.6 is 0 Å². The van der Waals surface area contributed by atoms with Crippen LogP contribution in [0, 0.1) is 18.7 Å². The van der Waals surface area contributed by atoms with Crippen molar-refractivity contribution in [3.05, 3.63) is 29.6 Å². The van der Waals surface area contributed by atoms with E-state index >= 15 is 0 Å². The van der Waals surface area contributed by atoms with Crippen molar-refractivity contribution in [1.29, 1.82) is 0 Å². The van der Waals surface area contributed by atoms with Gasteiger partial charge >= 0.3 is 6.03 Å². The summed E-state index contributed by atoms with van der Waals surface area (Å²) in [7, 11) is 0. The molecule has 7 nitrogen and oxygen atoms in total. The smallest absolute Gasteiger partial charge is 0.321 e. The van der Waals surface area contributed by atoms with Gasteiger partial charge in [0.05, 0.1) is 13.2 Å². The van der Waals surface area contributed by atoms with Gasteiger partial charge in [-0.2, -0.15) is 0 Å². The molecule has 4 rings (SSSR count). The molecule has 2 heterocycles. The predicted octanol–water partition coefficient (Wildman–Crippen LogP) is 3.09. The van der Waals surface area contributed by atoms with Crippen molar-refractivity contribution >= 4 is 17.6 Å². The van der Waals surface area contributed by atoms with E-state index in [2.05, 4.69) is 10.2 Å². The van der Waals surface area contributed by atoms with Crippen LogP contribution in [0.4, 0.5) is 14.9 Å². The fourth-order valence-electron chi connectivity index (χ4n) is 4.66. The Morgan fingerprint density at radius 2 is 1.97 bits per heavy atom. The molecule has 32 heavy (non-hydrogen) atoms. The van der Waals surface area contributed by atoms with Crippen LogP contribution in [0.5, 0.6) is 0 Å². The standard InChI is InChI=1S/C24H35FN4O3/c1-18-21(25)6-2-7-22(18)26-24(31)28-11-3-5-20(17-28)29(23(30)19-8-9-19)12-4-10-27-13-15-32-16-14-27/h2,6-7,19-20H,3-5,8-17H2,1H3,(H,26,31). The quantitative estimate of drug-likeness (QED) is 0.699. The number of rotatable bonds is 7. The lowest BCUT2D eigenvalue weighted by atomic mass is 10.0. The maximum atomic E-state index is 13.8. The second kappa shape index (κ2) is 10.6. The monoisotopic (exact) mass is 446 g/mol. The minimum atomic E-state index is -0.333. The van der Waals surface area contributed by atoms with Crippen molar-refractivity contribution < 1.29 is 18.7 Å². The molecule has 1 atom stereocenters. The minimum Gasteiger partial charge on any atom is -0.379 e. The molecule has 2 saturated heterocycles. The van der Waals surface area contributed by atoms with E-state index in [1.165, 1.54) is 6.07 Å². The highest BCUT2D eigenvalue weighted by Gasteiger charge is 2.38. The zero-order valence-corrected chi connectivity index (χ0v) is 19.0. The number of amides is 3. The second-order valence-corrected chi connectivity index (χ2v) is 9.20. The molecule has 1 unspecified atom stereocenters. The summed E-state index contributed by atoms with van der Waals surface area (Å²) in [6.07, 6.45) is 4.67. The Labute approximate surface area is 189 Å². The summed E-state index contributed by atoms with van der Waals surface area (Å²) in [6, 6.07) is 4.52. The molecule has 0 spiro atoms. The SMILES string of the molecule is Cc1c(F)cccc1NC(=O)N1CCCC(N(CCCN2CCOCC2)C(=O)C2CC2)C1. The lowest BCUT2D eigenvalue weighted by molar-refractivity contribution is -0.136. The largest absolute Gasteiger partial charge is 0.379 e. The number of carbonyl (C=O) groups is 2. The van der Waals surface area contributed by atoms with Crippen LogP contribution in [0.25, 0.3) is 0 Å². The summed E-state index contributed by atoms with van der Waals surface area (Å²) in [5.41, 5.74) is 0.927. The Balaban J connectivity index is 1.36. The molecule has 3 fully saturated rings. The van der Waals surface area contributed by atoms with E-state index in [0.29, 0.717) is 24.3 Å². The van der Waals surface area contributed by atoms with Gasteiger partial charge in [0.1, 0.15) is 5.82 Å². The van der Waals surface area contributed by atoms with Crippen molar-refractivity contribution in [2.75, 3.05) is 57.8 Å². The molecule has 3 amide bonds. The lowest BCUT2D eigenvalue weighted by Gasteiger charge is -2.40. The maximum absolute atomic E-state index is 13.8. The number of nitrogens with zero attached hydrogens (tertiary/aromatic N) is 3. The van der Waals surface area contributed by atoms with Gasteiger partial charge in [-0.25, -0.2) is 9.18 Å². The average molecular weight is 447 g/mol. The average Bonchev–Trinajstić information content (AvgIpc) is 3.66. The van der Waals surface area contributed by atoms with Crippen molar-refractivity contribution in [3.8, 4) is 0 Å². The normalized spacial score (nSPS) is 21.9. The number of halogens is 1. The van der Waals surface area contributed by atoms with Crippen molar-refractivity contribution in [2.45, 2.75) is 45.1 Å². The minimum absolute atomic E-state index is 0.0425. The van der Waals surface area contributed by atoms with Crippen molar-refractivity contribution in [1.82, 2.24) is 14.7 Å². The van der Waals surface area contributed by atoms with Gasteiger partial charge in [-0.15, -0.1) is 0 Å². The number of piperidine rings is 1. The van der Waals surface area contributed by atoms with Crippen LogP contribution in [-0.2, 0) is 9.53 Å². The Morgan fingerprint density at radius 3 is 2.72 bits per heavy atom. The van der Waals surface area contributed by atoms with Crippen molar-refractivity contribution in [2.24, 2.45) is 5.92 Å². The molecule has 8 heteroatoms. The highest BCUT2D eigenvalue weighted by molar-refractivity contribution is 5.90. The molecule has 2 aliphatic heterocycles. The lowest BCUT2D eigenvalue weighted by Crippen LogP contribution is -2.53. The van der Waals surface area contributed by atoms with Gasteiger partial charge in [0, 0.05) is 62.5 Å². The number of hydrogen-bond acceptors (Lipinski definition) is 4. The second-order valence-electron chi connectivity index (χ2n) is 9.20. The van der Waals surface area contributed by atoms with Gasteiger partial charge in [0.15, 0.2) is 0 Å². The van der Waals surface area contributed by atoms with Gasteiger partial charge in [0.25, 0.3) is 0 Å². The van der Waals surface area contributed by atoms with E-state index in [1.54, 1.807) is 24.0 Å². The summed E-state index contributed by atoms with van der Waals surface area (Å²) < 4.78 is 19.3. The highest BCUT2D eigenvalue weighted by atomic mass is 19.1. The number of benzene rings is 1. The first-order chi connectivity index (χ1) is 15.5. The molecule has 1 aliphatic carbocycles. The van der Waals surface area contributed by atoms with E-state index in [1.807, 2.05) is 4.90 Å². The van der Waals surface area contributed by atoms with E-state index in [4.69, 9.17) is 4.74 Å². The predicted molar refractivity (Wildman–Crippen MR) is 121 cm³/mol. The van der Waals surface area contributed by atoms with Crippen LogP contribution in [0.2, 0.25) is 0 Å². The third kappa shape index (κ3) is 5.78. The molecule has 0 aromatic heterocycles. The number of hydrogen-bond donors (Lipinski definition) is 1. The van der Waals surface area contributed by atoms with Crippen LogP contribution in [0.15, 0.2) is 18.2 Å². The first-order valence-electron chi connectivity index (χ1n) is 11.9. The topological polar surface area (TPSA) is 65.1 Å². The number of morpholine rings is 1. The molecular weight excluding hydrogens is 411 g/mol. The molecule has 1 aromatic rings. The summed E-state index contributed by atoms with van der Waals surface area (Å²) >= 11 is 0. The summed E-state index contributed by atoms with van der Waals surface area (Å²) in [5, 5.41) is 2.86. The molecule has 3 aliphatic rings. The summed E-state index contributed by atoms with van der Waals surface area (Å²) in [6.45, 7) is 8.00. The first-order valence-corrected chi connectivity index (χ1v) is 11.9. The van der Waals surface area contributed by atoms with E-state index < -0.39 is 0 Å². The molecule has 1 aromatic carbocycles. The first kappa shape index (κ1) is 23.0. The molecule has 1 N–H and O–H groups in total. The third-order valence-electron chi connectivity index (χ3n) is 6.82. The zero-order chi connectivity index (χ0) is 22.5. The number of ether oxygens (including phenoxy) is 1. The van der Waals surface area contributed by atoms with E-state index in [-0.39, 0.29) is 29.7 Å². The van der Waals surface area contributed by atoms with Gasteiger partial charge in [0.2, 0.25) is 5.91 Å². The molecule has 0 radical (unpaired) electrons. The van der Waals surface area contributed by atoms with Crippen LogP contribution in [0.3, 0.4) is 0 Å². The zero-order valence-electron chi connectivity index (χ0n) is 19.0. The van der Waals surface area contributed by atoms with Gasteiger partial charge in [-0.1, -0.05) is 6.07 Å². The molecular formula is C24H35FN4O3. The number of nitrogens with one attached hydrogen (secondary N) is 1.